The van der Waals surface area contributed by atoms with Crippen molar-refractivity contribution in [1.82, 2.24) is 5.32 Å². The molecule has 1 aliphatic carbocycles. The Bertz CT molecular complexity index is 206. The maximum Gasteiger partial charge on any atom is 0.217 e. The third-order valence-corrected chi connectivity index (χ3v) is 3.44. The molecule has 0 heterocycles. The van der Waals surface area contributed by atoms with E-state index in [1.807, 2.05) is 0 Å². The number of amides is 1. The Morgan fingerprint density at radius 1 is 1.40 bits per heavy atom. The van der Waals surface area contributed by atoms with Crippen molar-refractivity contribution in [3.63, 3.8) is 0 Å². The van der Waals surface area contributed by atoms with Crippen LogP contribution in [-0.2, 0) is 4.79 Å². The third kappa shape index (κ3) is 4.65. The quantitative estimate of drug-likeness (QED) is 0.681. The molecule has 1 amide bonds. The van der Waals surface area contributed by atoms with Gasteiger partial charge in [0.25, 0.3) is 0 Å². The standard InChI is InChI=1S/C12H24N2O/c1-9-5-6-11(10(2)8-9)14-7-3-4-12(13)15/h9-11,14H,3-8H2,1-2H3,(H2,13,15). The summed E-state index contributed by atoms with van der Waals surface area (Å²) in [6.07, 6.45) is 5.31. The van der Waals surface area contributed by atoms with E-state index >= 15 is 0 Å². The van der Waals surface area contributed by atoms with E-state index in [0.717, 1.165) is 24.8 Å². The van der Waals surface area contributed by atoms with Gasteiger partial charge >= 0.3 is 0 Å². The van der Waals surface area contributed by atoms with Crippen molar-refractivity contribution in [2.75, 3.05) is 6.54 Å². The van der Waals surface area contributed by atoms with Gasteiger partial charge in [0.05, 0.1) is 0 Å². The molecular weight excluding hydrogens is 188 g/mol. The van der Waals surface area contributed by atoms with Crippen LogP contribution in [0, 0.1) is 11.8 Å². The Labute approximate surface area is 92.8 Å². The average molecular weight is 212 g/mol. The molecule has 3 nitrogen and oxygen atoms in total. The summed E-state index contributed by atoms with van der Waals surface area (Å²) in [6, 6.07) is 0.647. The predicted octanol–water partition coefficient (Wildman–Crippen LogP) is 1.67. The summed E-state index contributed by atoms with van der Waals surface area (Å²) in [6.45, 7) is 5.58. The summed E-state index contributed by atoms with van der Waals surface area (Å²) in [5.41, 5.74) is 5.09. The van der Waals surface area contributed by atoms with Gasteiger partial charge in [-0.3, -0.25) is 4.79 Å². The van der Waals surface area contributed by atoms with Gasteiger partial charge < -0.3 is 11.1 Å². The van der Waals surface area contributed by atoms with Crippen molar-refractivity contribution < 1.29 is 4.79 Å². The molecule has 0 aromatic carbocycles. The highest BCUT2D eigenvalue weighted by Gasteiger charge is 2.24. The van der Waals surface area contributed by atoms with E-state index in [-0.39, 0.29) is 5.91 Å². The molecule has 3 heteroatoms. The number of hydrogen-bond acceptors (Lipinski definition) is 2. The van der Waals surface area contributed by atoms with Crippen LogP contribution in [0.4, 0.5) is 0 Å². The summed E-state index contributed by atoms with van der Waals surface area (Å²) in [7, 11) is 0. The van der Waals surface area contributed by atoms with Crippen LogP contribution in [0.3, 0.4) is 0 Å². The zero-order chi connectivity index (χ0) is 11.3. The largest absolute Gasteiger partial charge is 0.370 e. The second-order valence-electron chi connectivity index (χ2n) is 5.03. The van der Waals surface area contributed by atoms with Gasteiger partial charge in [0.2, 0.25) is 5.91 Å². The van der Waals surface area contributed by atoms with Crippen LogP contribution in [0.15, 0.2) is 0 Å². The SMILES string of the molecule is CC1CCC(NCCCC(N)=O)C(C)C1. The molecule has 1 aliphatic rings. The topological polar surface area (TPSA) is 55.1 Å². The molecule has 0 saturated heterocycles. The van der Waals surface area contributed by atoms with Crippen molar-refractivity contribution >= 4 is 5.91 Å². The van der Waals surface area contributed by atoms with E-state index in [9.17, 15) is 4.79 Å². The lowest BCUT2D eigenvalue weighted by Crippen LogP contribution is -2.39. The van der Waals surface area contributed by atoms with Crippen molar-refractivity contribution in [3.8, 4) is 0 Å². The van der Waals surface area contributed by atoms with E-state index in [1.165, 1.54) is 19.3 Å². The van der Waals surface area contributed by atoms with Crippen LogP contribution in [-0.4, -0.2) is 18.5 Å². The predicted molar refractivity (Wildman–Crippen MR) is 62.4 cm³/mol. The molecule has 0 spiro atoms. The minimum absolute atomic E-state index is 0.192. The normalized spacial score (nSPS) is 31.5. The van der Waals surface area contributed by atoms with Gasteiger partial charge in [0.1, 0.15) is 0 Å². The maximum atomic E-state index is 10.6. The lowest BCUT2D eigenvalue weighted by atomic mass is 9.80. The molecular formula is C12H24N2O. The number of nitrogens with two attached hydrogens (primary N) is 1. The van der Waals surface area contributed by atoms with E-state index in [2.05, 4.69) is 19.2 Å². The molecule has 15 heavy (non-hydrogen) atoms. The molecule has 0 aromatic heterocycles. The zero-order valence-corrected chi connectivity index (χ0v) is 9.96. The number of carbonyl (C=O) groups is 1. The molecule has 1 saturated carbocycles. The van der Waals surface area contributed by atoms with E-state index in [1.54, 1.807) is 0 Å². The number of primary amides is 1. The molecule has 0 radical (unpaired) electrons. The minimum Gasteiger partial charge on any atom is -0.370 e. The number of rotatable bonds is 5. The van der Waals surface area contributed by atoms with Gasteiger partial charge in [-0.25, -0.2) is 0 Å². The van der Waals surface area contributed by atoms with Gasteiger partial charge in [0, 0.05) is 12.5 Å². The lowest BCUT2D eigenvalue weighted by Gasteiger charge is -2.33. The Morgan fingerprint density at radius 3 is 2.73 bits per heavy atom. The van der Waals surface area contributed by atoms with E-state index in [4.69, 9.17) is 5.73 Å². The molecule has 1 fully saturated rings. The van der Waals surface area contributed by atoms with Crippen LogP contribution in [0.1, 0.15) is 46.0 Å². The van der Waals surface area contributed by atoms with Crippen molar-refractivity contribution in [1.29, 1.82) is 0 Å². The monoisotopic (exact) mass is 212 g/mol. The van der Waals surface area contributed by atoms with Crippen LogP contribution in [0.2, 0.25) is 0 Å². The number of carbonyl (C=O) groups excluding carboxylic acids is 1. The van der Waals surface area contributed by atoms with Gasteiger partial charge in [-0.15, -0.1) is 0 Å². The summed E-state index contributed by atoms with van der Waals surface area (Å²) in [5, 5.41) is 3.54. The van der Waals surface area contributed by atoms with E-state index in [0.29, 0.717) is 12.5 Å². The zero-order valence-electron chi connectivity index (χ0n) is 9.96. The van der Waals surface area contributed by atoms with Gasteiger partial charge in [-0.2, -0.15) is 0 Å². The third-order valence-electron chi connectivity index (χ3n) is 3.44. The first-order valence-corrected chi connectivity index (χ1v) is 6.11. The molecule has 3 N–H and O–H groups in total. The second kappa shape index (κ2) is 6.11. The molecule has 3 unspecified atom stereocenters. The molecule has 0 aliphatic heterocycles. The molecule has 1 rings (SSSR count). The Kier molecular flexibility index (Phi) is 5.09. The molecule has 0 aromatic rings. The van der Waals surface area contributed by atoms with Crippen LogP contribution < -0.4 is 11.1 Å². The summed E-state index contributed by atoms with van der Waals surface area (Å²) in [5.74, 6) is 1.45. The van der Waals surface area contributed by atoms with Crippen LogP contribution in [0.5, 0.6) is 0 Å². The molecule has 0 bridgehead atoms. The Hall–Kier alpha value is -0.570. The van der Waals surface area contributed by atoms with Gasteiger partial charge in [-0.1, -0.05) is 13.8 Å². The number of hydrogen-bond donors (Lipinski definition) is 2. The summed E-state index contributed by atoms with van der Waals surface area (Å²) in [4.78, 5) is 10.6. The fraction of sp³-hybridized carbons (Fsp3) is 0.917. The fourth-order valence-corrected chi connectivity index (χ4v) is 2.52. The summed E-state index contributed by atoms with van der Waals surface area (Å²) < 4.78 is 0. The highest BCUT2D eigenvalue weighted by molar-refractivity contribution is 5.73. The van der Waals surface area contributed by atoms with Crippen molar-refractivity contribution in [2.24, 2.45) is 17.6 Å². The fourth-order valence-electron chi connectivity index (χ4n) is 2.52. The van der Waals surface area contributed by atoms with Crippen molar-refractivity contribution in [2.45, 2.75) is 52.0 Å². The van der Waals surface area contributed by atoms with Gasteiger partial charge in [-0.05, 0) is 44.1 Å². The minimum atomic E-state index is -0.192. The van der Waals surface area contributed by atoms with E-state index < -0.39 is 0 Å². The van der Waals surface area contributed by atoms with Gasteiger partial charge in [0.15, 0.2) is 0 Å². The smallest absolute Gasteiger partial charge is 0.217 e. The van der Waals surface area contributed by atoms with Crippen LogP contribution >= 0.6 is 0 Å². The Balaban J connectivity index is 2.13. The Morgan fingerprint density at radius 2 is 2.13 bits per heavy atom. The molecule has 88 valence electrons. The van der Waals surface area contributed by atoms with Crippen molar-refractivity contribution in [3.05, 3.63) is 0 Å². The average Bonchev–Trinajstić information content (AvgIpc) is 2.14. The first-order valence-electron chi connectivity index (χ1n) is 6.11. The first-order chi connectivity index (χ1) is 7.09. The maximum absolute atomic E-state index is 10.6. The number of nitrogens with one attached hydrogen (secondary N) is 1. The molecule has 3 atom stereocenters. The lowest BCUT2D eigenvalue weighted by molar-refractivity contribution is -0.118. The highest BCUT2D eigenvalue weighted by atomic mass is 16.1. The summed E-state index contributed by atoms with van der Waals surface area (Å²) >= 11 is 0. The highest BCUT2D eigenvalue weighted by Crippen LogP contribution is 2.28. The van der Waals surface area contributed by atoms with Crippen LogP contribution in [0.25, 0.3) is 0 Å². The second-order valence-corrected chi connectivity index (χ2v) is 5.03. The first kappa shape index (κ1) is 12.5.